The molecule has 1 aliphatic rings. The van der Waals surface area contributed by atoms with E-state index in [0.717, 1.165) is 41.3 Å². The maximum atomic E-state index is 14.1. The molecule has 37 heavy (non-hydrogen) atoms. The minimum absolute atomic E-state index is 0.00419. The van der Waals surface area contributed by atoms with Crippen LogP contribution in [0.4, 0.5) is 4.39 Å². The first-order chi connectivity index (χ1) is 18.0. The highest BCUT2D eigenvalue weighted by atomic mass is 79.9. The molecule has 1 aliphatic carbocycles. The molecule has 0 saturated heterocycles. The Morgan fingerprint density at radius 2 is 1.65 bits per heavy atom. The van der Waals surface area contributed by atoms with E-state index in [4.69, 9.17) is 4.74 Å². The average molecular weight is 567 g/mol. The number of para-hydroxylation sites is 1. The summed E-state index contributed by atoms with van der Waals surface area (Å²) in [5.74, 6) is -1.10. The molecule has 0 bridgehead atoms. The topological polar surface area (TPSA) is 58.6 Å². The molecule has 1 fully saturated rings. The molecular weight excluding hydrogens is 535 g/mol. The summed E-state index contributed by atoms with van der Waals surface area (Å²) in [4.78, 5) is 28.9. The first-order valence-corrected chi connectivity index (χ1v) is 13.5. The van der Waals surface area contributed by atoms with Crippen LogP contribution in [-0.4, -0.2) is 35.4 Å². The van der Waals surface area contributed by atoms with Crippen LogP contribution in [0.1, 0.15) is 43.2 Å². The van der Waals surface area contributed by atoms with Crippen molar-refractivity contribution < 1.29 is 18.7 Å². The summed E-state index contributed by atoms with van der Waals surface area (Å²) < 4.78 is 20.6. The molecule has 0 spiro atoms. The van der Waals surface area contributed by atoms with Gasteiger partial charge in [0.1, 0.15) is 6.04 Å². The highest BCUT2D eigenvalue weighted by Gasteiger charge is 2.32. The second-order valence-corrected chi connectivity index (χ2v) is 10.3. The van der Waals surface area contributed by atoms with Crippen molar-refractivity contribution in [3.8, 4) is 5.75 Å². The average Bonchev–Trinajstić information content (AvgIpc) is 2.91. The number of benzene rings is 3. The van der Waals surface area contributed by atoms with E-state index in [0.29, 0.717) is 6.42 Å². The summed E-state index contributed by atoms with van der Waals surface area (Å²) >= 11 is 3.49. The molecule has 0 radical (unpaired) electrons. The van der Waals surface area contributed by atoms with Gasteiger partial charge >= 0.3 is 0 Å². The normalized spacial score (nSPS) is 14.5. The van der Waals surface area contributed by atoms with Crippen molar-refractivity contribution in [3.63, 3.8) is 0 Å². The van der Waals surface area contributed by atoms with Crippen molar-refractivity contribution in [2.24, 2.45) is 0 Å². The van der Waals surface area contributed by atoms with Crippen LogP contribution in [0.25, 0.3) is 0 Å². The number of nitrogens with zero attached hydrogens (tertiary/aromatic N) is 1. The lowest BCUT2D eigenvalue weighted by molar-refractivity contribution is -0.143. The van der Waals surface area contributed by atoms with Gasteiger partial charge in [0, 0.05) is 23.5 Å². The number of hydrogen-bond acceptors (Lipinski definition) is 3. The Balaban J connectivity index is 1.62. The number of carbonyl (C=O) groups excluding carboxylic acids is 2. The number of amides is 2. The lowest BCUT2D eigenvalue weighted by Gasteiger charge is -2.33. The predicted molar refractivity (Wildman–Crippen MR) is 146 cm³/mol. The van der Waals surface area contributed by atoms with Crippen molar-refractivity contribution in [3.05, 3.63) is 100 Å². The van der Waals surface area contributed by atoms with Crippen LogP contribution < -0.4 is 10.1 Å². The van der Waals surface area contributed by atoms with Gasteiger partial charge in [0.25, 0.3) is 5.91 Å². The number of ether oxygens (including phenoxy) is 1. The number of nitrogens with one attached hydrogen (secondary N) is 1. The molecule has 3 aromatic carbocycles. The van der Waals surface area contributed by atoms with E-state index >= 15 is 0 Å². The van der Waals surface area contributed by atoms with Crippen molar-refractivity contribution in [2.45, 2.75) is 57.2 Å². The SMILES string of the molecule is O=C(NC1CCCCC1)[C@@H](Cc1ccccc1)N(Cc1cccc(Br)c1)C(=O)COc1ccccc1F. The van der Waals surface area contributed by atoms with E-state index in [1.165, 1.54) is 18.6 Å². The monoisotopic (exact) mass is 566 g/mol. The van der Waals surface area contributed by atoms with E-state index in [-0.39, 0.29) is 36.8 Å². The first-order valence-electron chi connectivity index (χ1n) is 12.7. The van der Waals surface area contributed by atoms with E-state index < -0.39 is 11.9 Å². The quantitative estimate of drug-likeness (QED) is 0.324. The van der Waals surface area contributed by atoms with E-state index in [1.54, 1.807) is 17.0 Å². The summed E-state index contributed by atoms with van der Waals surface area (Å²) in [6, 6.07) is 22.7. The third kappa shape index (κ3) is 7.89. The summed E-state index contributed by atoms with van der Waals surface area (Å²) in [7, 11) is 0. The number of rotatable bonds is 10. The van der Waals surface area contributed by atoms with Crippen molar-refractivity contribution in [1.82, 2.24) is 10.2 Å². The lowest BCUT2D eigenvalue weighted by Crippen LogP contribution is -2.53. The fourth-order valence-electron chi connectivity index (χ4n) is 4.71. The summed E-state index contributed by atoms with van der Waals surface area (Å²) in [5, 5.41) is 3.21. The number of carbonyl (C=O) groups is 2. The minimum Gasteiger partial charge on any atom is -0.481 e. The minimum atomic E-state index is -0.750. The Labute approximate surface area is 226 Å². The zero-order chi connectivity index (χ0) is 26.0. The summed E-state index contributed by atoms with van der Waals surface area (Å²) in [6.07, 6.45) is 5.61. The standard InChI is InChI=1S/C30H32BrFN2O3/c31-24-13-9-12-23(18-24)20-34(29(35)21-37-28-17-8-7-16-26(28)32)27(19-22-10-3-1-4-11-22)30(36)33-25-14-5-2-6-15-25/h1,3-4,7-13,16-18,25,27H,2,5-6,14-15,19-21H2,(H,33,36)/t27-/m1/s1. The van der Waals surface area contributed by atoms with Crippen LogP contribution in [0.3, 0.4) is 0 Å². The molecule has 0 aliphatic heterocycles. The molecule has 0 aromatic heterocycles. The Kier molecular flexibility index (Phi) is 9.71. The Bertz CT molecular complexity index is 1180. The van der Waals surface area contributed by atoms with Gasteiger partial charge in [-0.05, 0) is 48.2 Å². The van der Waals surface area contributed by atoms with Gasteiger partial charge in [0.05, 0.1) is 0 Å². The molecule has 3 aromatic rings. The molecule has 4 rings (SSSR count). The van der Waals surface area contributed by atoms with E-state index in [9.17, 15) is 14.0 Å². The van der Waals surface area contributed by atoms with Gasteiger partial charge in [0.2, 0.25) is 5.91 Å². The Hall–Kier alpha value is -3.19. The molecule has 7 heteroatoms. The molecule has 1 atom stereocenters. The number of hydrogen-bond donors (Lipinski definition) is 1. The van der Waals surface area contributed by atoms with E-state index in [2.05, 4.69) is 21.2 Å². The van der Waals surface area contributed by atoms with Gasteiger partial charge in [-0.1, -0.05) is 89.8 Å². The van der Waals surface area contributed by atoms with Crippen molar-refractivity contribution in [1.29, 1.82) is 0 Å². The summed E-state index contributed by atoms with van der Waals surface area (Å²) in [6.45, 7) is -0.161. The molecule has 1 saturated carbocycles. The fourth-order valence-corrected chi connectivity index (χ4v) is 5.16. The van der Waals surface area contributed by atoms with Gasteiger partial charge in [-0.2, -0.15) is 0 Å². The van der Waals surface area contributed by atoms with Crippen LogP contribution in [-0.2, 0) is 22.6 Å². The van der Waals surface area contributed by atoms with Crippen LogP contribution in [0.5, 0.6) is 5.75 Å². The molecule has 194 valence electrons. The highest BCUT2D eigenvalue weighted by molar-refractivity contribution is 9.10. The maximum Gasteiger partial charge on any atom is 0.261 e. The third-order valence-electron chi connectivity index (χ3n) is 6.65. The molecular formula is C30H32BrFN2O3. The van der Waals surface area contributed by atoms with Gasteiger partial charge < -0.3 is 15.0 Å². The second kappa shape index (κ2) is 13.4. The summed E-state index contributed by atoms with van der Waals surface area (Å²) in [5.41, 5.74) is 1.82. The van der Waals surface area contributed by atoms with Gasteiger partial charge in [0.15, 0.2) is 18.2 Å². The second-order valence-electron chi connectivity index (χ2n) is 9.42. The van der Waals surface area contributed by atoms with E-state index in [1.807, 2.05) is 54.6 Å². The third-order valence-corrected chi connectivity index (χ3v) is 7.15. The Morgan fingerprint density at radius 1 is 0.946 bits per heavy atom. The smallest absolute Gasteiger partial charge is 0.261 e. The number of halogens is 2. The molecule has 0 heterocycles. The van der Waals surface area contributed by atoms with Crippen molar-refractivity contribution >= 4 is 27.7 Å². The van der Waals surface area contributed by atoms with Crippen LogP contribution >= 0.6 is 15.9 Å². The molecule has 0 unspecified atom stereocenters. The molecule has 1 N–H and O–H groups in total. The van der Waals surface area contributed by atoms with Crippen LogP contribution in [0.15, 0.2) is 83.3 Å². The predicted octanol–water partition coefficient (Wildman–Crippen LogP) is 6.06. The fraction of sp³-hybridized carbons (Fsp3) is 0.333. The van der Waals surface area contributed by atoms with Crippen LogP contribution in [0.2, 0.25) is 0 Å². The van der Waals surface area contributed by atoms with Gasteiger partial charge in [-0.3, -0.25) is 9.59 Å². The Morgan fingerprint density at radius 3 is 2.38 bits per heavy atom. The maximum absolute atomic E-state index is 14.1. The van der Waals surface area contributed by atoms with Crippen LogP contribution in [0, 0.1) is 5.82 Å². The first kappa shape index (κ1) is 26.9. The lowest BCUT2D eigenvalue weighted by atomic mass is 9.94. The van der Waals surface area contributed by atoms with Gasteiger partial charge in [-0.25, -0.2) is 4.39 Å². The highest BCUT2D eigenvalue weighted by Crippen LogP contribution is 2.21. The largest absolute Gasteiger partial charge is 0.481 e. The zero-order valence-corrected chi connectivity index (χ0v) is 22.3. The van der Waals surface area contributed by atoms with Gasteiger partial charge in [-0.15, -0.1) is 0 Å². The zero-order valence-electron chi connectivity index (χ0n) is 20.7. The molecule has 5 nitrogen and oxygen atoms in total. The molecule has 2 amide bonds. The van der Waals surface area contributed by atoms with Crippen molar-refractivity contribution in [2.75, 3.05) is 6.61 Å².